The Morgan fingerprint density at radius 1 is 1.42 bits per heavy atom. The number of benzene rings is 1. The molecule has 3 nitrogen and oxygen atoms in total. The van der Waals surface area contributed by atoms with Crippen molar-refractivity contribution in [2.45, 2.75) is 39.7 Å². The number of hydrogen-bond acceptors (Lipinski definition) is 2. The average Bonchev–Trinajstić information content (AvgIpc) is 2.37. The van der Waals surface area contributed by atoms with Gasteiger partial charge in [-0.15, -0.1) is 0 Å². The minimum atomic E-state index is 0.146. The smallest absolute Gasteiger partial charge is 0.224 e. The SMILES string of the molecule is Cc1ccc(C)c(CC(=O)NC2CCNCC2C)c1. The van der Waals surface area contributed by atoms with Gasteiger partial charge in [0.25, 0.3) is 0 Å². The fourth-order valence-corrected chi connectivity index (χ4v) is 2.65. The van der Waals surface area contributed by atoms with Crippen molar-refractivity contribution in [3.63, 3.8) is 0 Å². The molecule has 3 heteroatoms. The van der Waals surface area contributed by atoms with Gasteiger partial charge >= 0.3 is 0 Å². The summed E-state index contributed by atoms with van der Waals surface area (Å²) < 4.78 is 0. The number of nitrogens with one attached hydrogen (secondary N) is 2. The van der Waals surface area contributed by atoms with Gasteiger partial charge in [-0.1, -0.05) is 30.7 Å². The van der Waals surface area contributed by atoms with Crippen LogP contribution in [0, 0.1) is 19.8 Å². The normalized spacial score (nSPS) is 23.1. The quantitative estimate of drug-likeness (QED) is 0.872. The third kappa shape index (κ3) is 3.80. The van der Waals surface area contributed by atoms with Crippen LogP contribution in [0.3, 0.4) is 0 Å². The molecule has 1 aromatic rings. The van der Waals surface area contributed by atoms with Gasteiger partial charge in [-0.05, 0) is 50.4 Å². The van der Waals surface area contributed by atoms with Crippen molar-refractivity contribution in [3.8, 4) is 0 Å². The van der Waals surface area contributed by atoms with Gasteiger partial charge in [-0.3, -0.25) is 4.79 Å². The topological polar surface area (TPSA) is 41.1 Å². The molecule has 1 amide bonds. The summed E-state index contributed by atoms with van der Waals surface area (Å²) in [6.45, 7) is 8.31. The molecule has 0 aromatic heterocycles. The van der Waals surface area contributed by atoms with Gasteiger partial charge in [-0.25, -0.2) is 0 Å². The van der Waals surface area contributed by atoms with E-state index in [4.69, 9.17) is 0 Å². The van der Waals surface area contributed by atoms with Crippen LogP contribution >= 0.6 is 0 Å². The van der Waals surface area contributed by atoms with E-state index in [0.717, 1.165) is 25.1 Å². The van der Waals surface area contributed by atoms with Gasteiger partial charge in [-0.2, -0.15) is 0 Å². The minimum absolute atomic E-state index is 0.146. The second-order valence-electron chi connectivity index (χ2n) is 5.75. The Hall–Kier alpha value is -1.35. The minimum Gasteiger partial charge on any atom is -0.353 e. The molecule has 2 N–H and O–H groups in total. The van der Waals surface area contributed by atoms with Crippen LogP contribution in [-0.4, -0.2) is 25.0 Å². The fourth-order valence-electron chi connectivity index (χ4n) is 2.65. The van der Waals surface area contributed by atoms with Crippen LogP contribution in [0.4, 0.5) is 0 Å². The van der Waals surface area contributed by atoms with E-state index in [1.54, 1.807) is 0 Å². The number of rotatable bonds is 3. The summed E-state index contributed by atoms with van der Waals surface area (Å²) in [6.07, 6.45) is 1.52. The van der Waals surface area contributed by atoms with Crippen molar-refractivity contribution < 1.29 is 4.79 Å². The van der Waals surface area contributed by atoms with Crippen molar-refractivity contribution in [2.24, 2.45) is 5.92 Å². The first-order valence-corrected chi connectivity index (χ1v) is 7.12. The highest BCUT2D eigenvalue weighted by atomic mass is 16.1. The molecule has 1 aliphatic heterocycles. The van der Waals surface area contributed by atoms with Crippen LogP contribution in [-0.2, 0) is 11.2 Å². The number of amides is 1. The Kier molecular flexibility index (Phi) is 4.59. The van der Waals surface area contributed by atoms with Crippen LogP contribution in [0.25, 0.3) is 0 Å². The number of aryl methyl sites for hydroxylation is 2. The Bertz CT molecular complexity index is 456. The van der Waals surface area contributed by atoms with Crippen LogP contribution in [0.15, 0.2) is 18.2 Å². The molecule has 1 saturated heterocycles. The predicted octanol–water partition coefficient (Wildman–Crippen LogP) is 1.96. The van der Waals surface area contributed by atoms with E-state index in [1.165, 1.54) is 11.1 Å². The highest BCUT2D eigenvalue weighted by Crippen LogP contribution is 2.13. The van der Waals surface area contributed by atoms with E-state index < -0.39 is 0 Å². The lowest BCUT2D eigenvalue weighted by Gasteiger charge is -2.30. The molecule has 0 aliphatic carbocycles. The second kappa shape index (κ2) is 6.20. The summed E-state index contributed by atoms with van der Waals surface area (Å²) in [5.41, 5.74) is 3.54. The van der Waals surface area contributed by atoms with Crippen LogP contribution in [0.1, 0.15) is 30.0 Å². The van der Waals surface area contributed by atoms with Crippen LogP contribution in [0.5, 0.6) is 0 Å². The summed E-state index contributed by atoms with van der Waals surface area (Å²) in [7, 11) is 0. The van der Waals surface area contributed by atoms with Gasteiger partial charge in [0.05, 0.1) is 6.42 Å². The summed E-state index contributed by atoms with van der Waals surface area (Å²) in [5.74, 6) is 0.656. The summed E-state index contributed by atoms with van der Waals surface area (Å²) in [4.78, 5) is 12.2. The predicted molar refractivity (Wildman–Crippen MR) is 78.2 cm³/mol. The van der Waals surface area contributed by atoms with Crippen LogP contribution in [0.2, 0.25) is 0 Å². The highest BCUT2D eigenvalue weighted by Gasteiger charge is 2.22. The summed E-state index contributed by atoms with van der Waals surface area (Å²) in [5, 5.41) is 6.54. The van der Waals surface area contributed by atoms with Gasteiger partial charge < -0.3 is 10.6 Å². The van der Waals surface area contributed by atoms with E-state index >= 15 is 0 Å². The van der Waals surface area contributed by atoms with Crippen molar-refractivity contribution >= 4 is 5.91 Å². The molecule has 0 bridgehead atoms. The Balaban J connectivity index is 1.95. The van der Waals surface area contributed by atoms with Gasteiger partial charge in [0.1, 0.15) is 0 Å². The lowest BCUT2D eigenvalue weighted by Crippen LogP contribution is -2.48. The van der Waals surface area contributed by atoms with Crippen molar-refractivity contribution in [3.05, 3.63) is 34.9 Å². The third-order valence-electron chi connectivity index (χ3n) is 3.99. The maximum atomic E-state index is 12.2. The second-order valence-corrected chi connectivity index (χ2v) is 5.75. The number of carbonyl (C=O) groups is 1. The van der Waals surface area contributed by atoms with E-state index in [-0.39, 0.29) is 5.91 Å². The molecule has 2 rings (SSSR count). The first-order valence-electron chi connectivity index (χ1n) is 7.12. The standard InChI is InChI=1S/C16H24N2O/c1-11-4-5-12(2)14(8-11)9-16(19)18-15-6-7-17-10-13(15)3/h4-5,8,13,15,17H,6-7,9-10H2,1-3H3,(H,18,19). The average molecular weight is 260 g/mol. The van der Waals surface area contributed by atoms with Crippen molar-refractivity contribution in [1.29, 1.82) is 0 Å². The maximum absolute atomic E-state index is 12.2. The molecule has 0 saturated carbocycles. The molecule has 0 radical (unpaired) electrons. The number of hydrogen-bond donors (Lipinski definition) is 2. The first kappa shape index (κ1) is 14.1. The molecular weight excluding hydrogens is 236 g/mol. The molecule has 1 heterocycles. The van der Waals surface area contributed by atoms with Crippen molar-refractivity contribution in [2.75, 3.05) is 13.1 Å². The zero-order chi connectivity index (χ0) is 13.8. The molecular formula is C16H24N2O. The molecule has 104 valence electrons. The molecule has 19 heavy (non-hydrogen) atoms. The highest BCUT2D eigenvalue weighted by molar-refractivity contribution is 5.79. The zero-order valence-electron chi connectivity index (χ0n) is 12.1. The van der Waals surface area contributed by atoms with Gasteiger partial charge in [0, 0.05) is 6.04 Å². The van der Waals surface area contributed by atoms with E-state index in [2.05, 4.69) is 49.6 Å². The largest absolute Gasteiger partial charge is 0.353 e. The summed E-state index contributed by atoms with van der Waals surface area (Å²) in [6, 6.07) is 6.61. The van der Waals surface area contributed by atoms with Gasteiger partial charge in [0.15, 0.2) is 0 Å². The summed E-state index contributed by atoms with van der Waals surface area (Å²) >= 11 is 0. The number of carbonyl (C=O) groups excluding carboxylic acids is 1. The Morgan fingerprint density at radius 3 is 2.95 bits per heavy atom. The lowest BCUT2D eigenvalue weighted by molar-refractivity contribution is -0.121. The van der Waals surface area contributed by atoms with E-state index in [1.807, 2.05) is 0 Å². The van der Waals surface area contributed by atoms with Gasteiger partial charge in [0.2, 0.25) is 5.91 Å². The molecule has 1 fully saturated rings. The zero-order valence-corrected chi connectivity index (χ0v) is 12.1. The molecule has 1 aromatic carbocycles. The van der Waals surface area contributed by atoms with Crippen LogP contribution < -0.4 is 10.6 Å². The molecule has 0 spiro atoms. The number of piperidine rings is 1. The fraction of sp³-hybridized carbons (Fsp3) is 0.562. The lowest BCUT2D eigenvalue weighted by atomic mass is 9.94. The van der Waals surface area contributed by atoms with E-state index in [0.29, 0.717) is 18.4 Å². The molecule has 2 atom stereocenters. The monoisotopic (exact) mass is 260 g/mol. The Morgan fingerprint density at radius 2 is 2.21 bits per heavy atom. The van der Waals surface area contributed by atoms with Crippen molar-refractivity contribution in [1.82, 2.24) is 10.6 Å². The third-order valence-corrected chi connectivity index (χ3v) is 3.99. The molecule has 1 aliphatic rings. The molecule has 2 unspecified atom stereocenters. The van der Waals surface area contributed by atoms with E-state index in [9.17, 15) is 4.79 Å². The first-order chi connectivity index (χ1) is 9.06. The maximum Gasteiger partial charge on any atom is 0.224 e. The Labute approximate surface area is 115 Å².